The fourth-order valence-corrected chi connectivity index (χ4v) is 6.19. The molecule has 5 atom stereocenters. The third kappa shape index (κ3) is 9.46. The number of hydrogen-bond donors (Lipinski definition) is 0. The largest absolute Gasteiger partial charge is 0.374 e. The molecule has 0 amide bonds. The quantitative estimate of drug-likeness (QED) is 0.0718. The third-order valence-electron chi connectivity index (χ3n) is 8.90. The zero-order chi connectivity index (χ0) is 36.2. The van der Waals surface area contributed by atoms with Gasteiger partial charge >= 0.3 is 0 Å². The van der Waals surface area contributed by atoms with Gasteiger partial charge in [-0.1, -0.05) is 126 Å². The summed E-state index contributed by atoms with van der Waals surface area (Å²) in [6.45, 7) is 1.38. The Bertz CT molecular complexity index is 2000. The van der Waals surface area contributed by atoms with Crippen LogP contribution in [-0.2, 0) is 50.1 Å². The van der Waals surface area contributed by atoms with Crippen molar-refractivity contribution < 1.29 is 33.1 Å². The maximum absolute atomic E-state index is 11.3. The van der Waals surface area contributed by atoms with Crippen LogP contribution in [0.5, 0.6) is 0 Å². The molecule has 1 fully saturated rings. The fourth-order valence-electron chi connectivity index (χ4n) is 6.19. The average molecular weight is 714 g/mol. The van der Waals surface area contributed by atoms with E-state index in [4.69, 9.17) is 33.2 Å². The Labute approximate surface area is 307 Å². The van der Waals surface area contributed by atoms with Crippen LogP contribution in [0, 0.1) is 10.1 Å². The normalized spacial score (nSPS) is 19.9. The van der Waals surface area contributed by atoms with Gasteiger partial charge in [-0.25, -0.2) is 0 Å². The maximum Gasteiger partial charge on any atom is 0.269 e. The Kier molecular flexibility index (Phi) is 12.0. The minimum Gasteiger partial charge on any atom is -0.374 e. The molecule has 5 aromatic carbocycles. The molecular formula is C42H39N3O8. The van der Waals surface area contributed by atoms with E-state index in [1.807, 2.05) is 121 Å². The number of hydrogen-bond acceptors (Lipinski definition) is 10. The molecule has 0 N–H and O–H groups in total. The highest BCUT2D eigenvalue weighted by Crippen LogP contribution is 2.38. The van der Waals surface area contributed by atoms with E-state index in [0.29, 0.717) is 18.8 Å². The van der Waals surface area contributed by atoms with Gasteiger partial charge < -0.3 is 28.2 Å². The van der Waals surface area contributed by atoms with Crippen molar-refractivity contribution in [3.63, 3.8) is 0 Å². The van der Waals surface area contributed by atoms with Crippen molar-refractivity contribution in [1.82, 2.24) is 10.1 Å². The molecule has 0 spiro atoms. The van der Waals surface area contributed by atoms with Crippen molar-refractivity contribution in [3.8, 4) is 11.5 Å². The number of nitro groups is 1. The molecule has 0 bridgehead atoms. The summed E-state index contributed by atoms with van der Waals surface area (Å²) in [5.41, 5.74) is 4.44. The summed E-state index contributed by atoms with van der Waals surface area (Å²) in [6.07, 6.45) is -3.56. The number of rotatable bonds is 16. The minimum absolute atomic E-state index is 0.0447. The first-order chi connectivity index (χ1) is 26.1. The summed E-state index contributed by atoms with van der Waals surface area (Å²) in [4.78, 5) is 15.5. The lowest BCUT2D eigenvalue weighted by molar-refractivity contribution is -0.384. The van der Waals surface area contributed by atoms with Crippen LogP contribution in [0.3, 0.4) is 0 Å². The molecule has 11 nitrogen and oxygen atoms in total. The zero-order valence-corrected chi connectivity index (χ0v) is 28.9. The molecular weight excluding hydrogens is 674 g/mol. The first-order valence-electron chi connectivity index (χ1n) is 17.4. The molecule has 0 aliphatic carbocycles. The number of benzene rings is 5. The van der Waals surface area contributed by atoms with Crippen LogP contribution in [0.15, 0.2) is 150 Å². The summed E-state index contributed by atoms with van der Waals surface area (Å²) in [5, 5.41) is 15.6. The molecule has 1 aliphatic rings. The van der Waals surface area contributed by atoms with Crippen LogP contribution < -0.4 is 0 Å². The van der Waals surface area contributed by atoms with Gasteiger partial charge in [-0.2, -0.15) is 4.98 Å². The SMILES string of the molecule is O=[N+]([O-])c1ccc(-c2nc([C@@H]3O[C@H](COCc4ccccc4)[C@@H](OCc4ccccc4)[C@H](OCc4ccccc4)[C@H]3OCc3ccccc3)no2)cc1. The van der Waals surface area contributed by atoms with E-state index in [1.54, 1.807) is 12.1 Å². The van der Waals surface area contributed by atoms with Crippen molar-refractivity contribution in [2.24, 2.45) is 0 Å². The van der Waals surface area contributed by atoms with Gasteiger partial charge in [0.15, 0.2) is 0 Å². The Morgan fingerprint density at radius 3 is 1.57 bits per heavy atom. The average Bonchev–Trinajstić information content (AvgIpc) is 3.71. The Morgan fingerprint density at radius 1 is 0.585 bits per heavy atom. The fraction of sp³-hybridized carbons (Fsp3) is 0.238. The Morgan fingerprint density at radius 2 is 1.06 bits per heavy atom. The Balaban J connectivity index is 1.24. The van der Waals surface area contributed by atoms with E-state index >= 15 is 0 Å². The first-order valence-corrected chi connectivity index (χ1v) is 17.4. The van der Waals surface area contributed by atoms with E-state index in [9.17, 15) is 10.1 Å². The predicted octanol–water partition coefficient (Wildman–Crippen LogP) is 8.06. The molecule has 1 aromatic heterocycles. The highest BCUT2D eigenvalue weighted by atomic mass is 16.6. The van der Waals surface area contributed by atoms with Gasteiger partial charge in [-0.3, -0.25) is 10.1 Å². The van der Waals surface area contributed by atoms with Crippen LogP contribution >= 0.6 is 0 Å². The molecule has 0 saturated carbocycles. The van der Waals surface area contributed by atoms with Crippen LogP contribution in [0.25, 0.3) is 11.5 Å². The number of ether oxygens (including phenoxy) is 5. The topological polar surface area (TPSA) is 128 Å². The van der Waals surface area contributed by atoms with Gasteiger partial charge in [0.05, 0.1) is 38.0 Å². The van der Waals surface area contributed by atoms with Crippen LogP contribution in [0.2, 0.25) is 0 Å². The lowest BCUT2D eigenvalue weighted by Crippen LogP contribution is -2.58. The molecule has 270 valence electrons. The highest BCUT2D eigenvalue weighted by molar-refractivity contribution is 5.55. The van der Waals surface area contributed by atoms with Crippen molar-refractivity contribution in [3.05, 3.63) is 184 Å². The van der Waals surface area contributed by atoms with E-state index in [0.717, 1.165) is 22.3 Å². The number of nitrogens with zero attached hydrogens (tertiary/aromatic N) is 3. The van der Waals surface area contributed by atoms with Gasteiger partial charge in [0.2, 0.25) is 5.82 Å². The van der Waals surface area contributed by atoms with Gasteiger partial charge in [-0.05, 0) is 34.4 Å². The zero-order valence-electron chi connectivity index (χ0n) is 28.9. The second kappa shape index (κ2) is 17.8. The Hall–Kier alpha value is -5.56. The van der Waals surface area contributed by atoms with E-state index in [2.05, 4.69) is 5.16 Å². The summed E-state index contributed by atoms with van der Waals surface area (Å²) in [6, 6.07) is 45.5. The van der Waals surface area contributed by atoms with E-state index < -0.39 is 35.4 Å². The monoisotopic (exact) mass is 713 g/mol. The van der Waals surface area contributed by atoms with Crippen molar-refractivity contribution in [2.75, 3.05) is 6.61 Å². The molecule has 6 aromatic rings. The summed E-state index contributed by atoms with van der Waals surface area (Å²) >= 11 is 0. The molecule has 1 saturated heterocycles. The van der Waals surface area contributed by atoms with Gasteiger partial charge in [-0.15, -0.1) is 0 Å². The summed E-state index contributed by atoms with van der Waals surface area (Å²) in [7, 11) is 0. The van der Waals surface area contributed by atoms with Gasteiger partial charge in [0, 0.05) is 17.7 Å². The van der Waals surface area contributed by atoms with Crippen molar-refractivity contribution in [1.29, 1.82) is 0 Å². The lowest BCUT2D eigenvalue weighted by Gasteiger charge is -2.45. The molecule has 53 heavy (non-hydrogen) atoms. The lowest BCUT2D eigenvalue weighted by atomic mass is 9.93. The number of nitro benzene ring substituents is 1. The van der Waals surface area contributed by atoms with Gasteiger partial charge in [0.1, 0.15) is 30.5 Å². The number of aromatic nitrogens is 2. The standard InChI is InChI=1S/C42H39N3O8/c46-45(47)35-23-21-34(22-24-35)42-43-41(44-53-42)40-39(51-28-33-19-11-4-12-20-33)38(50-27-32-17-9-3-10-18-32)37(49-26-31-15-7-2-8-16-31)36(52-40)29-48-25-30-13-5-1-6-14-30/h1-24,36-40H,25-29H2/t36-,37-,38+,39-,40-/m1/s1. The molecule has 11 heteroatoms. The van der Waals surface area contributed by atoms with Crippen LogP contribution in [0.4, 0.5) is 5.69 Å². The highest BCUT2D eigenvalue weighted by Gasteiger charge is 2.50. The van der Waals surface area contributed by atoms with Crippen molar-refractivity contribution >= 4 is 5.69 Å². The predicted molar refractivity (Wildman–Crippen MR) is 195 cm³/mol. The third-order valence-corrected chi connectivity index (χ3v) is 8.90. The summed E-state index contributed by atoms with van der Waals surface area (Å²) < 4.78 is 39.1. The second-order valence-corrected chi connectivity index (χ2v) is 12.6. The minimum atomic E-state index is -0.864. The van der Waals surface area contributed by atoms with E-state index in [1.165, 1.54) is 12.1 Å². The second-order valence-electron chi connectivity index (χ2n) is 12.6. The summed E-state index contributed by atoms with van der Waals surface area (Å²) in [5.74, 6) is 0.417. The van der Waals surface area contributed by atoms with E-state index in [-0.39, 0.29) is 37.2 Å². The van der Waals surface area contributed by atoms with Crippen LogP contribution in [-0.4, -0.2) is 46.1 Å². The molecule has 0 unspecified atom stereocenters. The maximum atomic E-state index is 11.3. The van der Waals surface area contributed by atoms with Crippen molar-refractivity contribution in [2.45, 2.75) is 56.9 Å². The first kappa shape index (κ1) is 35.8. The van der Waals surface area contributed by atoms with Gasteiger partial charge in [0.25, 0.3) is 11.6 Å². The molecule has 2 heterocycles. The smallest absolute Gasteiger partial charge is 0.269 e. The molecule has 7 rings (SSSR count). The molecule has 0 radical (unpaired) electrons. The number of non-ortho nitro benzene ring substituents is 1. The molecule has 1 aliphatic heterocycles. The van der Waals surface area contributed by atoms with Crippen LogP contribution in [0.1, 0.15) is 34.2 Å².